The average Bonchev–Trinajstić information content (AvgIpc) is 3.03. The van der Waals surface area contributed by atoms with E-state index in [1.807, 2.05) is 12.1 Å². The SMILES string of the molecule is O=C(Nc1ccc(Cl)cc1)C1[C@H]2CCC=CCC[C@@H]12. The van der Waals surface area contributed by atoms with Crippen molar-refractivity contribution in [3.8, 4) is 0 Å². The first-order valence-electron chi connectivity index (χ1n) is 6.97. The van der Waals surface area contributed by atoms with Crippen molar-refractivity contribution in [3.05, 3.63) is 41.4 Å². The number of rotatable bonds is 2. The van der Waals surface area contributed by atoms with Crippen LogP contribution in [0, 0.1) is 17.8 Å². The lowest BCUT2D eigenvalue weighted by Crippen LogP contribution is -2.15. The number of fused-ring (bicyclic) bond motifs is 1. The highest BCUT2D eigenvalue weighted by Gasteiger charge is 2.53. The van der Waals surface area contributed by atoms with Crippen LogP contribution in [0.3, 0.4) is 0 Å². The Labute approximate surface area is 118 Å². The first-order valence-corrected chi connectivity index (χ1v) is 7.35. The van der Waals surface area contributed by atoms with E-state index in [0.29, 0.717) is 16.9 Å². The Hall–Kier alpha value is -1.28. The number of nitrogens with one attached hydrogen (secondary N) is 1. The van der Waals surface area contributed by atoms with Gasteiger partial charge < -0.3 is 5.32 Å². The molecule has 0 spiro atoms. The first-order chi connectivity index (χ1) is 9.25. The molecule has 3 atom stereocenters. The number of anilines is 1. The van der Waals surface area contributed by atoms with Crippen LogP contribution >= 0.6 is 11.6 Å². The van der Waals surface area contributed by atoms with Crippen molar-refractivity contribution < 1.29 is 4.79 Å². The molecular formula is C16H18ClNO. The molecular weight excluding hydrogens is 258 g/mol. The number of hydrogen-bond acceptors (Lipinski definition) is 1. The molecule has 2 aliphatic rings. The molecule has 19 heavy (non-hydrogen) atoms. The summed E-state index contributed by atoms with van der Waals surface area (Å²) >= 11 is 5.84. The maximum atomic E-state index is 12.3. The van der Waals surface area contributed by atoms with Crippen LogP contribution in [-0.2, 0) is 4.79 Å². The Kier molecular flexibility index (Phi) is 3.61. The summed E-state index contributed by atoms with van der Waals surface area (Å²) in [5.74, 6) is 1.59. The minimum absolute atomic E-state index is 0.180. The zero-order valence-electron chi connectivity index (χ0n) is 10.8. The van der Waals surface area contributed by atoms with Crippen molar-refractivity contribution in [1.82, 2.24) is 0 Å². The molecule has 1 aromatic carbocycles. The van der Waals surface area contributed by atoms with Crippen molar-refractivity contribution in [2.24, 2.45) is 17.8 Å². The molecule has 3 rings (SSSR count). The molecule has 1 saturated carbocycles. The molecule has 2 aliphatic carbocycles. The Morgan fingerprint density at radius 1 is 1.05 bits per heavy atom. The van der Waals surface area contributed by atoms with E-state index < -0.39 is 0 Å². The van der Waals surface area contributed by atoms with Crippen LogP contribution in [0.4, 0.5) is 5.69 Å². The van der Waals surface area contributed by atoms with Crippen molar-refractivity contribution in [3.63, 3.8) is 0 Å². The largest absolute Gasteiger partial charge is 0.326 e. The maximum Gasteiger partial charge on any atom is 0.228 e. The number of amides is 1. The molecule has 3 heteroatoms. The zero-order valence-corrected chi connectivity index (χ0v) is 11.6. The summed E-state index contributed by atoms with van der Waals surface area (Å²) < 4.78 is 0. The monoisotopic (exact) mass is 275 g/mol. The lowest BCUT2D eigenvalue weighted by Gasteiger charge is -2.04. The predicted octanol–water partition coefficient (Wildman–Crippen LogP) is 4.27. The van der Waals surface area contributed by atoms with Crippen LogP contribution in [-0.4, -0.2) is 5.91 Å². The van der Waals surface area contributed by atoms with Gasteiger partial charge in [0.1, 0.15) is 0 Å². The summed E-state index contributed by atoms with van der Waals surface area (Å²) in [5, 5.41) is 3.70. The minimum atomic E-state index is 0.180. The maximum absolute atomic E-state index is 12.3. The summed E-state index contributed by atoms with van der Waals surface area (Å²) in [5.41, 5.74) is 0.840. The Bertz CT molecular complexity index is 478. The van der Waals surface area contributed by atoms with E-state index in [2.05, 4.69) is 17.5 Å². The molecule has 0 heterocycles. The predicted molar refractivity (Wildman–Crippen MR) is 78.2 cm³/mol. The third kappa shape index (κ3) is 2.84. The number of carbonyl (C=O) groups is 1. The smallest absolute Gasteiger partial charge is 0.228 e. The molecule has 1 fully saturated rings. The number of carbonyl (C=O) groups excluding carboxylic acids is 1. The number of halogens is 1. The van der Waals surface area contributed by atoms with E-state index in [1.165, 1.54) is 0 Å². The molecule has 100 valence electrons. The van der Waals surface area contributed by atoms with E-state index in [-0.39, 0.29) is 11.8 Å². The fourth-order valence-corrected chi connectivity index (χ4v) is 3.32. The Balaban J connectivity index is 1.61. The van der Waals surface area contributed by atoms with Crippen molar-refractivity contribution in [2.75, 3.05) is 5.32 Å². The molecule has 0 aliphatic heterocycles. The molecule has 1 amide bonds. The van der Waals surface area contributed by atoms with Crippen LogP contribution in [0.1, 0.15) is 25.7 Å². The lowest BCUT2D eigenvalue weighted by atomic mass is 10.1. The second kappa shape index (κ2) is 5.38. The van der Waals surface area contributed by atoms with Gasteiger partial charge in [-0.25, -0.2) is 0 Å². The summed E-state index contributed by atoms with van der Waals surface area (Å²) in [6, 6.07) is 7.31. The van der Waals surface area contributed by atoms with E-state index in [0.717, 1.165) is 31.4 Å². The highest BCUT2D eigenvalue weighted by Crippen LogP contribution is 2.53. The normalized spacial score (nSPS) is 29.0. The van der Waals surface area contributed by atoms with E-state index in [9.17, 15) is 4.79 Å². The molecule has 1 aromatic rings. The second-order valence-electron chi connectivity index (χ2n) is 5.48. The van der Waals surface area contributed by atoms with E-state index in [1.54, 1.807) is 12.1 Å². The van der Waals surface area contributed by atoms with Gasteiger partial charge in [-0.2, -0.15) is 0 Å². The van der Waals surface area contributed by atoms with Crippen LogP contribution in [0.2, 0.25) is 5.02 Å². The molecule has 0 aromatic heterocycles. The number of allylic oxidation sites excluding steroid dienone is 2. The standard InChI is InChI=1S/C16H18ClNO/c17-11-7-9-12(10-8-11)18-16(19)15-13-5-3-1-2-4-6-14(13)15/h1-2,7-10,13-15H,3-6H2,(H,18,19)/t13-,14+,15?. The van der Waals surface area contributed by atoms with Gasteiger partial charge in [0.2, 0.25) is 5.91 Å². The average molecular weight is 276 g/mol. The molecule has 0 radical (unpaired) electrons. The fourth-order valence-electron chi connectivity index (χ4n) is 3.19. The summed E-state index contributed by atoms with van der Waals surface area (Å²) in [6.07, 6.45) is 9.04. The van der Waals surface area contributed by atoms with Crippen LogP contribution in [0.15, 0.2) is 36.4 Å². The first kappa shape index (κ1) is 12.7. The van der Waals surface area contributed by atoms with Gasteiger partial charge in [0.15, 0.2) is 0 Å². The van der Waals surface area contributed by atoms with Gasteiger partial charge in [0.05, 0.1) is 0 Å². The number of hydrogen-bond donors (Lipinski definition) is 1. The van der Waals surface area contributed by atoms with Crippen LogP contribution in [0.5, 0.6) is 0 Å². The van der Waals surface area contributed by atoms with Crippen molar-refractivity contribution in [1.29, 1.82) is 0 Å². The molecule has 1 unspecified atom stereocenters. The summed E-state index contributed by atoms with van der Waals surface area (Å²) in [7, 11) is 0. The van der Waals surface area contributed by atoms with Gasteiger partial charge in [-0.3, -0.25) is 4.79 Å². The van der Waals surface area contributed by atoms with Gasteiger partial charge in [0.25, 0.3) is 0 Å². The Morgan fingerprint density at radius 2 is 1.63 bits per heavy atom. The van der Waals surface area contributed by atoms with Crippen LogP contribution in [0.25, 0.3) is 0 Å². The number of benzene rings is 1. The van der Waals surface area contributed by atoms with Crippen molar-refractivity contribution in [2.45, 2.75) is 25.7 Å². The molecule has 0 saturated heterocycles. The van der Waals surface area contributed by atoms with E-state index in [4.69, 9.17) is 11.6 Å². The third-order valence-electron chi connectivity index (χ3n) is 4.25. The van der Waals surface area contributed by atoms with E-state index >= 15 is 0 Å². The Morgan fingerprint density at radius 3 is 2.21 bits per heavy atom. The van der Waals surface area contributed by atoms with Gasteiger partial charge in [-0.05, 0) is 61.8 Å². The second-order valence-corrected chi connectivity index (χ2v) is 5.91. The third-order valence-corrected chi connectivity index (χ3v) is 4.50. The highest BCUT2D eigenvalue weighted by atomic mass is 35.5. The zero-order chi connectivity index (χ0) is 13.2. The topological polar surface area (TPSA) is 29.1 Å². The fraction of sp³-hybridized carbons (Fsp3) is 0.438. The van der Waals surface area contributed by atoms with Crippen molar-refractivity contribution >= 4 is 23.2 Å². The molecule has 0 bridgehead atoms. The summed E-state index contributed by atoms with van der Waals surface area (Å²) in [6.45, 7) is 0. The quantitative estimate of drug-likeness (QED) is 0.803. The van der Waals surface area contributed by atoms with Gasteiger partial charge in [-0.1, -0.05) is 23.8 Å². The lowest BCUT2D eigenvalue weighted by molar-refractivity contribution is -0.117. The highest BCUT2D eigenvalue weighted by molar-refractivity contribution is 6.30. The molecule has 2 nitrogen and oxygen atoms in total. The minimum Gasteiger partial charge on any atom is -0.326 e. The van der Waals surface area contributed by atoms with Gasteiger partial charge >= 0.3 is 0 Å². The van der Waals surface area contributed by atoms with Gasteiger partial charge in [-0.15, -0.1) is 0 Å². The van der Waals surface area contributed by atoms with Gasteiger partial charge in [0, 0.05) is 16.6 Å². The van der Waals surface area contributed by atoms with Crippen LogP contribution < -0.4 is 5.32 Å². The molecule has 1 N–H and O–H groups in total. The summed E-state index contributed by atoms with van der Waals surface area (Å²) in [4.78, 5) is 12.3.